The molecule has 4 heteroatoms. The first-order valence-corrected chi connectivity index (χ1v) is 9.63. The predicted molar refractivity (Wildman–Crippen MR) is 103 cm³/mol. The van der Waals surface area contributed by atoms with Gasteiger partial charge >= 0.3 is 0 Å². The number of hydrogen-bond acceptors (Lipinski definition) is 3. The molecule has 4 nitrogen and oxygen atoms in total. The van der Waals surface area contributed by atoms with Crippen LogP contribution in [0.2, 0.25) is 0 Å². The van der Waals surface area contributed by atoms with Gasteiger partial charge in [0.15, 0.2) is 0 Å². The van der Waals surface area contributed by atoms with Gasteiger partial charge in [0.05, 0.1) is 11.3 Å². The fourth-order valence-corrected chi connectivity index (χ4v) is 4.17. The molecule has 1 fully saturated rings. The fourth-order valence-electron chi connectivity index (χ4n) is 4.17. The number of hydrogen-bond donors (Lipinski definition) is 1. The van der Waals surface area contributed by atoms with E-state index in [2.05, 4.69) is 27.9 Å². The molecule has 26 heavy (non-hydrogen) atoms. The summed E-state index contributed by atoms with van der Waals surface area (Å²) in [6.45, 7) is 2.43. The number of terminal acetylenes is 1. The van der Waals surface area contributed by atoms with Gasteiger partial charge in [-0.3, -0.25) is 9.69 Å². The van der Waals surface area contributed by atoms with Gasteiger partial charge in [-0.1, -0.05) is 37.3 Å². The van der Waals surface area contributed by atoms with Crippen LogP contribution in [0.3, 0.4) is 0 Å². The maximum Gasteiger partial charge on any atom is 0.255 e. The molecule has 0 saturated heterocycles. The Morgan fingerprint density at radius 2 is 1.96 bits per heavy atom. The van der Waals surface area contributed by atoms with Crippen LogP contribution in [0.4, 0.5) is 0 Å². The lowest BCUT2D eigenvalue weighted by Crippen LogP contribution is -2.36. The molecule has 1 aromatic carbocycles. The van der Waals surface area contributed by atoms with Crippen LogP contribution in [-0.4, -0.2) is 21.4 Å². The number of rotatable bonds is 3. The largest absolute Gasteiger partial charge is 0.310 e. The smallest absolute Gasteiger partial charge is 0.255 e. The highest BCUT2D eigenvalue weighted by atomic mass is 16.1. The number of nitrogens with zero attached hydrogens (tertiary/aromatic N) is 2. The van der Waals surface area contributed by atoms with Gasteiger partial charge in [0, 0.05) is 37.5 Å². The minimum absolute atomic E-state index is 0.0583. The van der Waals surface area contributed by atoms with Crippen molar-refractivity contribution in [2.24, 2.45) is 0 Å². The van der Waals surface area contributed by atoms with Crippen LogP contribution in [0.1, 0.15) is 66.2 Å². The lowest BCUT2D eigenvalue weighted by molar-refractivity contribution is 0.241. The van der Waals surface area contributed by atoms with Gasteiger partial charge in [-0.25, -0.2) is 4.98 Å². The van der Waals surface area contributed by atoms with Crippen LogP contribution in [0.15, 0.2) is 29.1 Å². The van der Waals surface area contributed by atoms with Crippen molar-refractivity contribution in [2.75, 3.05) is 6.54 Å². The highest BCUT2D eigenvalue weighted by Gasteiger charge is 2.24. The van der Waals surface area contributed by atoms with E-state index in [9.17, 15) is 4.79 Å². The number of aromatic nitrogens is 2. The fraction of sp³-hybridized carbons (Fsp3) is 0.455. The van der Waals surface area contributed by atoms with E-state index in [1.807, 2.05) is 12.1 Å². The van der Waals surface area contributed by atoms with E-state index in [0.717, 1.165) is 55.0 Å². The summed E-state index contributed by atoms with van der Waals surface area (Å²) in [4.78, 5) is 22.9. The number of H-pyrrole nitrogens is 1. The van der Waals surface area contributed by atoms with Crippen molar-refractivity contribution < 1.29 is 0 Å². The van der Waals surface area contributed by atoms with Crippen LogP contribution >= 0.6 is 0 Å². The Hall–Kier alpha value is -2.38. The first kappa shape index (κ1) is 17.1. The maximum atomic E-state index is 12.7. The molecule has 2 aromatic rings. The molecule has 134 valence electrons. The minimum atomic E-state index is 0.0583. The molecule has 1 aromatic heterocycles. The van der Waals surface area contributed by atoms with Crippen LogP contribution in [0, 0.1) is 12.3 Å². The van der Waals surface area contributed by atoms with E-state index < -0.39 is 0 Å². The molecule has 1 aliphatic heterocycles. The van der Waals surface area contributed by atoms with Gasteiger partial charge in [-0.15, -0.1) is 6.42 Å². The Balaban J connectivity index is 1.49. The minimum Gasteiger partial charge on any atom is -0.310 e. The van der Waals surface area contributed by atoms with E-state index in [0.29, 0.717) is 12.5 Å². The normalized spacial score (nSPS) is 18.3. The summed E-state index contributed by atoms with van der Waals surface area (Å²) in [5, 5.41) is 0. The highest BCUT2D eigenvalue weighted by molar-refractivity contribution is 5.34. The molecule has 0 spiro atoms. The van der Waals surface area contributed by atoms with Gasteiger partial charge in [0.25, 0.3) is 5.56 Å². The van der Waals surface area contributed by atoms with E-state index in [-0.39, 0.29) is 5.56 Å². The number of fused-ring (bicyclic) bond motifs is 1. The molecule has 1 N–H and O–H groups in total. The summed E-state index contributed by atoms with van der Waals surface area (Å²) < 4.78 is 0. The quantitative estimate of drug-likeness (QED) is 0.866. The van der Waals surface area contributed by atoms with Crippen molar-refractivity contribution in [2.45, 2.75) is 57.5 Å². The maximum absolute atomic E-state index is 12.7. The zero-order chi connectivity index (χ0) is 17.9. The summed E-state index contributed by atoms with van der Waals surface area (Å²) in [7, 11) is 0. The van der Waals surface area contributed by atoms with Crippen molar-refractivity contribution in [3.63, 3.8) is 0 Å². The molecular formula is C22H25N3O. The molecule has 0 bridgehead atoms. The third kappa shape index (κ3) is 3.59. The molecule has 0 radical (unpaired) electrons. The average Bonchev–Trinajstić information content (AvgIpc) is 2.69. The first-order chi connectivity index (χ1) is 12.7. The highest BCUT2D eigenvalue weighted by Crippen LogP contribution is 2.30. The van der Waals surface area contributed by atoms with Gasteiger partial charge in [0.1, 0.15) is 5.82 Å². The SMILES string of the molecule is C#Cc1ccc(CN2CCc3nc(C4CCCCC4)[nH]c(=O)c3C2)cc1. The van der Waals surface area contributed by atoms with E-state index in [1.165, 1.54) is 24.8 Å². The zero-order valence-corrected chi connectivity index (χ0v) is 15.1. The molecule has 1 saturated carbocycles. The zero-order valence-electron chi connectivity index (χ0n) is 15.1. The van der Waals surface area contributed by atoms with Gasteiger partial charge < -0.3 is 4.98 Å². The van der Waals surface area contributed by atoms with E-state index in [1.54, 1.807) is 0 Å². The molecular weight excluding hydrogens is 322 g/mol. The second-order valence-corrected chi connectivity index (χ2v) is 7.51. The Morgan fingerprint density at radius 1 is 1.19 bits per heavy atom. The Morgan fingerprint density at radius 3 is 2.69 bits per heavy atom. The van der Waals surface area contributed by atoms with Crippen molar-refractivity contribution >= 4 is 0 Å². The second kappa shape index (κ2) is 7.47. The van der Waals surface area contributed by atoms with E-state index >= 15 is 0 Å². The predicted octanol–water partition coefficient (Wildman–Crippen LogP) is 3.36. The summed E-state index contributed by atoms with van der Waals surface area (Å²) in [6.07, 6.45) is 12.4. The van der Waals surface area contributed by atoms with Crippen LogP contribution in [0.25, 0.3) is 0 Å². The van der Waals surface area contributed by atoms with Gasteiger partial charge in [0.2, 0.25) is 0 Å². The summed E-state index contributed by atoms with van der Waals surface area (Å²) >= 11 is 0. The van der Waals surface area contributed by atoms with Gasteiger partial charge in [-0.05, 0) is 30.5 Å². The molecule has 2 aliphatic rings. The second-order valence-electron chi connectivity index (χ2n) is 7.51. The summed E-state index contributed by atoms with van der Waals surface area (Å²) in [5.74, 6) is 4.01. The summed E-state index contributed by atoms with van der Waals surface area (Å²) in [5.41, 5.74) is 4.02. The van der Waals surface area contributed by atoms with Crippen LogP contribution in [0.5, 0.6) is 0 Å². The van der Waals surface area contributed by atoms with Crippen LogP contribution < -0.4 is 5.56 Å². The van der Waals surface area contributed by atoms with Crippen LogP contribution in [-0.2, 0) is 19.5 Å². The van der Waals surface area contributed by atoms with Crippen molar-refractivity contribution in [3.05, 3.63) is 62.8 Å². The van der Waals surface area contributed by atoms with E-state index in [4.69, 9.17) is 11.4 Å². The molecule has 2 heterocycles. The monoisotopic (exact) mass is 347 g/mol. The average molecular weight is 347 g/mol. The number of aromatic amines is 1. The summed E-state index contributed by atoms with van der Waals surface area (Å²) in [6, 6.07) is 8.08. The van der Waals surface area contributed by atoms with Crippen molar-refractivity contribution in [1.29, 1.82) is 0 Å². The topological polar surface area (TPSA) is 49.0 Å². The third-order valence-electron chi connectivity index (χ3n) is 5.68. The number of nitrogens with one attached hydrogen (secondary N) is 1. The Bertz CT molecular complexity index is 870. The molecule has 0 unspecified atom stereocenters. The molecule has 4 rings (SSSR count). The lowest BCUT2D eigenvalue weighted by atomic mass is 9.88. The molecule has 0 amide bonds. The first-order valence-electron chi connectivity index (χ1n) is 9.63. The lowest BCUT2D eigenvalue weighted by Gasteiger charge is -2.29. The van der Waals surface area contributed by atoms with Gasteiger partial charge in [-0.2, -0.15) is 0 Å². The third-order valence-corrected chi connectivity index (χ3v) is 5.68. The van der Waals surface area contributed by atoms with Crippen molar-refractivity contribution in [1.82, 2.24) is 14.9 Å². The number of benzene rings is 1. The Labute approximate surface area is 154 Å². The molecule has 0 atom stereocenters. The van der Waals surface area contributed by atoms with Crippen molar-refractivity contribution in [3.8, 4) is 12.3 Å². The standard InChI is InChI=1S/C22H25N3O/c1-2-16-8-10-17(11-9-16)14-25-13-12-20-19(15-25)22(26)24-21(23-20)18-6-4-3-5-7-18/h1,8-11,18H,3-7,12-15H2,(H,23,24,26). The molecule has 1 aliphatic carbocycles. The Kier molecular flexibility index (Phi) is 4.90.